The smallest absolute Gasteiger partial charge is 0.410 e. The van der Waals surface area contributed by atoms with E-state index in [1.165, 1.54) is 34.9 Å². The van der Waals surface area contributed by atoms with Gasteiger partial charge in [-0.3, -0.25) is 0 Å². The van der Waals surface area contributed by atoms with Crippen LogP contribution in [0.25, 0.3) is 0 Å². The van der Waals surface area contributed by atoms with Gasteiger partial charge in [-0.2, -0.15) is 0 Å². The molecule has 0 N–H and O–H groups in total. The fraction of sp³-hybridized carbons (Fsp3) is 0.667. The van der Waals surface area contributed by atoms with E-state index in [2.05, 4.69) is 41.1 Å². The van der Waals surface area contributed by atoms with Crippen molar-refractivity contribution in [3.8, 4) is 0 Å². The first kappa shape index (κ1) is 20.3. The Balaban J connectivity index is 1.66. The Morgan fingerprint density at radius 2 is 1.92 bits per heavy atom. The Bertz CT molecular complexity index is 572. The summed E-state index contributed by atoms with van der Waals surface area (Å²) < 4.78 is 6.67. The van der Waals surface area contributed by atoms with Crippen LogP contribution < -0.4 is 0 Å². The van der Waals surface area contributed by atoms with Crippen molar-refractivity contribution in [3.05, 3.63) is 33.8 Å². The molecule has 3 nitrogen and oxygen atoms in total. The van der Waals surface area contributed by atoms with Gasteiger partial charge in [0.2, 0.25) is 0 Å². The third-order valence-electron chi connectivity index (χ3n) is 4.95. The number of aryl methyl sites for hydroxylation is 1. The molecule has 0 spiro atoms. The van der Waals surface area contributed by atoms with Crippen LogP contribution in [0.3, 0.4) is 0 Å². The van der Waals surface area contributed by atoms with Gasteiger partial charge in [-0.1, -0.05) is 40.9 Å². The second-order valence-corrected chi connectivity index (χ2v) is 9.03. The second-order valence-electron chi connectivity index (χ2n) is 8.18. The molecule has 25 heavy (non-hydrogen) atoms. The minimum Gasteiger partial charge on any atom is -0.444 e. The maximum absolute atomic E-state index is 12.1. The van der Waals surface area contributed by atoms with Gasteiger partial charge in [0.25, 0.3) is 0 Å². The van der Waals surface area contributed by atoms with Crippen LogP contribution in [0.2, 0.25) is 0 Å². The summed E-state index contributed by atoms with van der Waals surface area (Å²) in [5, 5.41) is 0. The number of amides is 1. The highest BCUT2D eigenvalue weighted by Crippen LogP contribution is 2.25. The first-order valence-corrected chi connectivity index (χ1v) is 10.3. The number of nitrogens with zero attached hydrogens (tertiary/aromatic N) is 1. The van der Waals surface area contributed by atoms with E-state index in [1.807, 2.05) is 25.7 Å². The minimum absolute atomic E-state index is 0.156. The SMILES string of the molecule is Cc1c(Br)cccc1CCCCC1CCN(C(=O)OC(C)(C)C)CC1. The third-order valence-corrected chi connectivity index (χ3v) is 5.81. The Labute approximate surface area is 161 Å². The summed E-state index contributed by atoms with van der Waals surface area (Å²) in [5.74, 6) is 0.752. The van der Waals surface area contributed by atoms with Gasteiger partial charge in [0, 0.05) is 17.6 Å². The van der Waals surface area contributed by atoms with Crippen LogP contribution in [0, 0.1) is 12.8 Å². The quantitative estimate of drug-likeness (QED) is 0.548. The summed E-state index contributed by atoms with van der Waals surface area (Å²) in [4.78, 5) is 14.0. The predicted molar refractivity (Wildman–Crippen MR) is 107 cm³/mol. The van der Waals surface area contributed by atoms with Crippen molar-refractivity contribution in [2.75, 3.05) is 13.1 Å². The van der Waals surface area contributed by atoms with Crippen molar-refractivity contribution < 1.29 is 9.53 Å². The molecule has 1 amide bonds. The summed E-state index contributed by atoms with van der Waals surface area (Å²) >= 11 is 3.61. The Morgan fingerprint density at radius 1 is 1.24 bits per heavy atom. The molecule has 1 aliphatic rings. The second kappa shape index (κ2) is 9.07. The van der Waals surface area contributed by atoms with E-state index in [0.29, 0.717) is 0 Å². The van der Waals surface area contributed by atoms with Gasteiger partial charge in [-0.05, 0) is 76.5 Å². The molecule has 0 aromatic heterocycles. The van der Waals surface area contributed by atoms with E-state index >= 15 is 0 Å². The van der Waals surface area contributed by atoms with E-state index in [-0.39, 0.29) is 6.09 Å². The number of piperidine rings is 1. The summed E-state index contributed by atoms with van der Waals surface area (Å²) in [6.07, 6.45) is 6.99. The predicted octanol–water partition coefficient (Wildman–Crippen LogP) is 6.12. The maximum Gasteiger partial charge on any atom is 0.410 e. The van der Waals surface area contributed by atoms with Crippen LogP contribution in [-0.4, -0.2) is 29.7 Å². The number of halogens is 1. The van der Waals surface area contributed by atoms with Gasteiger partial charge in [0.15, 0.2) is 0 Å². The molecule has 0 saturated carbocycles. The lowest BCUT2D eigenvalue weighted by Crippen LogP contribution is -2.41. The number of hydrogen-bond donors (Lipinski definition) is 0. The first-order valence-electron chi connectivity index (χ1n) is 9.48. The highest BCUT2D eigenvalue weighted by atomic mass is 79.9. The summed E-state index contributed by atoms with van der Waals surface area (Å²) in [6, 6.07) is 6.47. The fourth-order valence-electron chi connectivity index (χ4n) is 3.40. The summed E-state index contributed by atoms with van der Waals surface area (Å²) in [5.41, 5.74) is 2.42. The minimum atomic E-state index is -0.404. The molecule has 0 aliphatic carbocycles. The van der Waals surface area contributed by atoms with E-state index < -0.39 is 5.60 Å². The zero-order valence-electron chi connectivity index (χ0n) is 16.1. The third kappa shape index (κ3) is 6.65. The molecule has 2 rings (SSSR count). The number of benzene rings is 1. The van der Waals surface area contributed by atoms with Crippen LogP contribution in [-0.2, 0) is 11.2 Å². The van der Waals surface area contributed by atoms with E-state index in [9.17, 15) is 4.79 Å². The molecule has 1 aromatic carbocycles. The number of hydrogen-bond acceptors (Lipinski definition) is 2. The molecule has 4 heteroatoms. The number of carbonyl (C=O) groups is 1. The van der Waals surface area contributed by atoms with Gasteiger partial charge in [0.1, 0.15) is 5.60 Å². The van der Waals surface area contributed by atoms with Gasteiger partial charge in [0.05, 0.1) is 0 Å². The lowest BCUT2D eigenvalue weighted by molar-refractivity contribution is 0.0180. The molecule has 1 heterocycles. The van der Waals surface area contributed by atoms with E-state index in [4.69, 9.17) is 4.74 Å². The molecule has 140 valence electrons. The average Bonchev–Trinajstić information content (AvgIpc) is 2.54. The molecule has 1 aromatic rings. The highest BCUT2D eigenvalue weighted by Gasteiger charge is 2.26. The molecule has 1 fully saturated rings. The largest absolute Gasteiger partial charge is 0.444 e. The summed E-state index contributed by atoms with van der Waals surface area (Å²) in [7, 11) is 0. The monoisotopic (exact) mass is 409 g/mol. The van der Waals surface area contributed by atoms with Crippen molar-refractivity contribution >= 4 is 22.0 Å². The molecule has 0 unspecified atom stereocenters. The zero-order chi connectivity index (χ0) is 18.4. The van der Waals surface area contributed by atoms with Crippen LogP contribution in [0.1, 0.15) is 64.0 Å². The lowest BCUT2D eigenvalue weighted by atomic mass is 9.91. The molecule has 1 saturated heterocycles. The maximum atomic E-state index is 12.1. The first-order chi connectivity index (χ1) is 11.8. The molecule has 0 radical (unpaired) electrons. The van der Waals surface area contributed by atoms with Crippen molar-refractivity contribution in [2.24, 2.45) is 5.92 Å². The molecule has 0 bridgehead atoms. The van der Waals surface area contributed by atoms with E-state index in [0.717, 1.165) is 38.3 Å². The van der Waals surface area contributed by atoms with Gasteiger partial charge >= 0.3 is 6.09 Å². The molecular weight excluding hydrogens is 378 g/mol. The van der Waals surface area contributed by atoms with Crippen molar-refractivity contribution in [1.82, 2.24) is 4.90 Å². The number of carbonyl (C=O) groups excluding carboxylic acids is 1. The Kier molecular flexibility index (Phi) is 7.36. The van der Waals surface area contributed by atoms with Crippen LogP contribution in [0.15, 0.2) is 22.7 Å². The van der Waals surface area contributed by atoms with E-state index in [1.54, 1.807) is 0 Å². The van der Waals surface area contributed by atoms with Crippen LogP contribution in [0.4, 0.5) is 4.79 Å². The summed E-state index contributed by atoms with van der Waals surface area (Å²) in [6.45, 7) is 9.63. The van der Waals surface area contributed by atoms with Crippen molar-refractivity contribution in [1.29, 1.82) is 0 Å². The van der Waals surface area contributed by atoms with Crippen molar-refractivity contribution in [2.45, 2.75) is 71.8 Å². The zero-order valence-corrected chi connectivity index (χ0v) is 17.7. The lowest BCUT2D eigenvalue weighted by Gasteiger charge is -2.33. The van der Waals surface area contributed by atoms with Gasteiger partial charge in [-0.25, -0.2) is 4.79 Å². The number of ether oxygens (including phenoxy) is 1. The van der Waals surface area contributed by atoms with Gasteiger partial charge < -0.3 is 9.64 Å². The van der Waals surface area contributed by atoms with Crippen LogP contribution in [0.5, 0.6) is 0 Å². The highest BCUT2D eigenvalue weighted by molar-refractivity contribution is 9.10. The number of rotatable bonds is 5. The Hall–Kier alpha value is -1.03. The standard InChI is InChI=1S/C21H32BrNO2/c1-16-18(10-7-11-19(16)22)9-6-5-8-17-12-14-23(15-13-17)20(24)25-21(2,3)4/h7,10-11,17H,5-6,8-9,12-15H2,1-4H3. The van der Waals surface area contributed by atoms with Crippen LogP contribution >= 0.6 is 15.9 Å². The Morgan fingerprint density at radius 3 is 2.56 bits per heavy atom. The normalized spacial score (nSPS) is 16.1. The van der Waals surface area contributed by atoms with Gasteiger partial charge in [-0.15, -0.1) is 0 Å². The number of likely N-dealkylation sites (tertiary alicyclic amines) is 1. The number of unbranched alkanes of at least 4 members (excludes halogenated alkanes) is 1. The molecule has 1 aliphatic heterocycles. The molecular formula is C21H32BrNO2. The topological polar surface area (TPSA) is 29.5 Å². The fourth-order valence-corrected chi connectivity index (χ4v) is 3.81. The average molecular weight is 410 g/mol. The molecule has 0 atom stereocenters. The van der Waals surface area contributed by atoms with Crippen molar-refractivity contribution in [3.63, 3.8) is 0 Å².